The van der Waals surface area contributed by atoms with E-state index in [1.54, 1.807) is 24.3 Å². The maximum Gasteiger partial charge on any atom is 0.229 e. The van der Waals surface area contributed by atoms with Crippen LogP contribution in [0.25, 0.3) is 17.2 Å². The van der Waals surface area contributed by atoms with E-state index in [0.29, 0.717) is 5.56 Å². The number of carbonyl (C=O) groups excluding carboxylic acids is 1. The van der Waals surface area contributed by atoms with Gasteiger partial charge in [-0.2, -0.15) is 0 Å². The molecule has 0 spiro atoms. The molecule has 1 fully saturated rings. The van der Waals surface area contributed by atoms with Gasteiger partial charge in [0.25, 0.3) is 0 Å². The fourth-order valence-electron chi connectivity index (χ4n) is 4.59. The second-order valence-corrected chi connectivity index (χ2v) is 11.3. The Balaban J connectivity index is 1.72. The van der Waals surface area contributed by atoms with Gasteiger partial charge in [-0.3, -0.25) is 9.52 Å². The Morgan fingerprint density at radius 2 is 1.56 bits per heavy atom. The highest BCUT2D eigenvalue weighted by Crippen LogP contribution is 2.31. The Labute approximate surface area is 214 Å². The van der Waals surface area contributed by atoms with Crippen LogP contribution >= 0.6 is 0 Å². The highest BCUT2D eigenvalue weighted by Gasteiger charge is 2.18. The first-order chi connectivity index (χ1) is 17.1. The lowest BCUT2D eigenvalue weighted by Crippen LogP contribution is -2.44. The molecular formula is C29H33N3O3S. The van der Waals surface area contributed by atoms with E-state index in [4.69, 9.17) is 0 Å². The predicted octanol–water partition coefficient (Wildman–Crippen LogP) is 4.99. The minimum absolute atomic E-state index is 0.261. The van der Waals surface area contributed by atoms with Crippen LogP contribution in [0.15, 0.2) is 66.7 Å². The summed E-state index contributed by atoms with van der Waals surface area (Å²) in [4.78, 5) is 17.8. The number of hydrogen-bond donors (Lipinski definition) is 1. The van der Waals surface area contributed by atoms with Crippen LogP contribution in [-0.4, -0.2) is 58.6 Å². The summed E-state index contributed by atoms with van der Waals surface area (Å²) in [6.45, 7) is 7.97. The summed E-state index contributed by atoms with van der Waals surface area (Å²) < 4.78 is 26.0. The molecule has 0 radical (unpaired) electrons. The van der Waals surface area contributed by atoms with Gasteiger partial charge >= 0.3 is 0 Å². The largest absolute Gasteiger partial charge is 0.368 e. The molecule has 0 amide bonds. The second-order valence-electron chi connectivity index (χ2n) is 9.56. The van der Waals surface area contributed by atoms with Crippen LogP contribution in [0.1, 0.15) is 27.0 Å². The van der Waals surface area contributed by atoms with Crippen molar-refractivity contribution in [3.05, 3.63) is 89.0 Å². The third-order valence-electron chi connectivity index (χ3n) is 6.33. The molecule has 4 rings (SSSR count). The molecule has 3 aromatic carbocycles. The Hall–Kier alpha value is -3.42. The zero-order valence-electron chi connectivity index (χ0n) is 21.3. The van der Waals surface area contributed by atoms with E-state index in [-0.39, 0.29) is 11.5 Å². The van der Waals surface area contributed by atoms with E-state index in [0.717, 1.165) is 54.8 Å². The number of aryl methyl sites for hydroxylation is 2. The molecule has 36 heavy (non-hydrogen) atoms. The number of likely N-dealkylation sites (N-methyl/N-ethyl adjacent to an activating group) is 1. The van der Waals surface area contributed by atoms with Crippen molar-refractivity contribution in [3.8, 4) is 11.1 Å². The normalized spacial score (nSPS) is 14.8. The van der Waals surface area contributed by atoms with Crippen LogP contribution in [0, 0.1) is 13.8 Å². The number of hydrogen-bond acceptors (Lipinski definition) is 5. The average Bonchev–Trinajstić information content (AvgIpc) is 2.82. The zero-order chi connectivity index (χ0) is 25.9. The van der Waals surface area contributed by atoms with Gasteiger partial charge in [0, 0.05) is 37.4 Å². The van der Waals surface area contributed by atoms with Crippen molar-refractivity contribution >= 4 is 33.3 Å². The van der Waals surface area contributed by atoms with Gasteiger partial charge in [0.1, 0.15) is 0 Å². The smallest absolute Gasteiger partial charge is 0.229 e. The number of anilines is 2. The SMILES string of the molecule is Cc1cc(C)cc(-c2ccc(N3CCN(C)CC3)c(/C=C/C(=O)c3ccccc3NS(C)(=O)=O)c2)c1. The molecule has 0 aromatic heterocycles. The highest BCUT2D eigenvalue weighted by atomic mass is 32.2. The van der Waals surface area contributed by atoms with Crippen molar-refractivity contribution in [1.29, 1.82) is 0 Å². The lowest BCUT2D eigenvalue weighted by atomic mass is 9.97. The summed E-state index contributed by atoms with van der Waals surface area (Å²) in [5, 5.41) is 0. The van der Waals surface area contributed by atoms with Gasteiger partial charge in [-0.25, -0.2) is 8.42 Å². The Kier molecular flexibility index (Phi) is 7.62. The molecule has 1 N–H and O–H groups in total. The van der Waals surface area contributed by atoms with Crippen molar-refractivity contribution in [2.45, 2.75) is 13.8 Å². The van der Waals surface area contributed by atoms with Crippen molar-refractivity contribution in [2.75, 3.05) is 49.1 Å². The monoisotopic (exact) mass is 503 g/mol. The second kappa shape index (κ2) is 10.7. The number of ketones is 1. The standard InChI is InChI=1S/C29H33N3O3S/c1-21-17-22(2)19-25(18-21)23-9-11-28(32-15-13-31(3)14-16-32)24(20-23)10-12-29(33)26-7-5-6-8-27(26)30-36(4,34)35/h5-12,17-20,30H,13-16H2,1-4H3/b12-10+. The molecular weight excluding hydrogens is 470 g/mol. The zero-order valence-corrected chi connectivity index (χ0v) is 22.1. The maximum absolute atomic E-state index is 13.2. The van der Waals surface area contributed by atoms with Gasteiger partial charge in [-0.05, 0) is 74.0 Å². The fourth-order valence-corrected chi connectivity index (χ4v) is 5.16. The molecule has 188 valence electrons. The van der Waals surface area contributed by atoms with E-state index >= 15 is 0 Å². The predicted molar refractivity (Wildman–Crippen MR) is 149 cm³/mol. The number of sulfonamides is 1. The minimum atomic E-state index is -3.51. The summed E-state index contributed by atoms with van der Waals surface area (Å²) in [6, 6.07) is 19.6. The molecule has 7 heteroatoms. The van der Waals surface area contributed by atoms with E-state index in [2.05, 4.69) is 71.8 Å². The molecule has 0 aliphatic carbocycles. The number of para-hydroxylation sites is 1. The maximum atomic E-state index is 13.2. The quantitative estimate of drug-likeness (QED) is 0.363. The lowest BCUT2D eigenvalue weighted by Gasteiger charge is -2.35. The van der Waals surface area contributed by atoms with E-state index < -0.39 is 10.0 Å². The summed E-state index contributed by atoms with van der Waals surface area (Å²) in [5.74, 6) is -0.261. The van der Waals surface area contributed by atoms with E-state index in [1.807, 2.05) is 6.08 Å². The van der Waals surface area contributed by atoms with Gasteiger partial charge in [-0.15, -0.1) is 0 Å². The molecule has 1 heterocycles. The molecule has 6 nitrogen and oxygen atoms in total. The van der Waals surface area contributed by atoms with Crippen molar-refractivity contribution in [1.82, 2.24) is 4.90 Å². The molecule has 1 saturated heterocycles. The molecule has 0 atom stereocenters. The Morgan fingerprint density at radius 1 is 0.889 bits per heavy atom. The molecule has 0 unspecified atom stereocenters. The molecule has 1 aliphatic heterocycles. The summed E-state index contributed by atoms with van der Waals surface area (Å²) in [6.07, 6.45) is 4.45. The number of rotatable bonds is 7. The van der Waals surface area contributed by atoms with Gasteiger partial charge in [-0.1, -0.05) is 47.5 Å². The van der Waals surface area contributed by atoms with Crippen LogP contribution in [0.4, 0.5) is 11.4 Å². The lowest BCUT2D eigenvalue weighted by molar-refractivity contribution is 0.104. The van der Waals surface area contributed by atoms with E-state index in [9.17, 15) is 13.2 Å². The number of nitrogens with zero attached hydrogens (tertiary/aromatic N) is 2. The van der Waals surface area contributed by atoms with Gasteiger partial charge < -0.3 is 9.80 Å². The number of benzene rings is 3. The number of carbonyl (C=O) groups is 1. The molecule has 0 saturated carbocycles. The third kappa shape index (κ3) is 6.42. The average molecular weight is 504 g/mol. The first-order valence-corrected chi connectivity index (χ1v) is 13.9. The van der Waals surface area contributed by atoms with Crippen LogP contribution in [0.5, 0.6) is 0 Å². The molecule has 1 aliphatic rings. The molecule has 3 aromatic rings. The van der Waals surface area contributed by atoms with Crippen molar-refractivity contribution in [3.63, 3.8) is 0 Å². The van der Waals surface area contributed by atoms with Crippen LogP contribution in [0.3, 0.4) is 0 Å². The fraction of sp³-hybridized carbons (Fsp3) is 0.276. The number of piperazine rings is 1. The number of nitrogens with one attached hydrogen (secondary N) is 1. The van der Waals surface area contributed by atoms with Crippen molar-refractivity contribution < 1.29 is 13.2 Å². The Bertz CT molecular complexity index is 1380. The van der Waals surface area contributed by atoms with Crippen LogP contribution in [-0.2, 0) is 10.0 Å². The first kappa shape index (κ1) is 25.7. The highest BCUT2D eigenvalue weighted by molar-refractivity contribution is 7.92. The summed E-state index contributed by atoms with van der Waals surface area (Å²) >= 11 is 0. The number of allylic oxidation sites excluding steroid dienone is 1. The topological polar surface area (TPSA) is 69.7 Å². The van der Waals surface area contributed by atoms with Crippen molar-refractivity contribution in [2.24, 2.45) is 0 Å². The minimum Gasteiger partial charge on any atom is -0.368 e. The van der Waals surface area contributed by atoms with E-state index in [1.165, 1.54) is 17.2 Å². The van der Waals surface area contributed by atoms with Crippen LogP contribution < -0.4 is 9.62 Å². The van der Waals surface area contributed by atoms with Crippen LogP contribution in [0.2, 0.25) is 0 Å². The van der Waals surface area contributed by atoms with Gasteiger partial charge in [0.05, 0.1) is 11.9 Å². The molecule has 0 bridgehead atoms. The Morgan fingerprint density at radius 3 is 2.22 bits per heavy atom. The van der Waals surface area contributed by atoms with Gasteiger partial charge in [0.15, 0.2) is 5.78 Å². The third-order valence-corrected chi connectivity index (χ3v) is 6.92. The van der Waals surface area contributed by atoms with Gasteiger partial charge in [0.2, 0.25) is 10.0 Å². The first-order valence-electron chi connectivity index (χ1n) is 12.0. The summed E-state index contributed by atoms with van der Waals surface area (Å²) in [5.41, 5.74) is 7.27. The summed E-state index contributed by atoms with van der Waals surface area (Å²) in [7, 11) is -1.38.